The van der Waals surface area contributed by atoms with Gasteiger partial charge in [-0.3, -0.25) is 20.3 Å². The van der Waals surface area contributed by atoms with Crippen LogP contribution in [-0.2, 0) is 15.1 Å². The van der Waals surface area contributed by atoms with Crippen molar-refractivity contribution < 1.29 is 9.53 Å². The lowest BCUT2D eigenvalue weighted by atomic mass is 9.93. The van der Waals surface area contributed by atoms with Crippen LogP contribution < -0.4 is 16.2 Å². The van der Waals surface area contributed by atoms with Crippen molar-refractivity contribution in [3.8, 4) is 0 Å². The molecule has 3 N–H and O–H groups in total. The van der Waals surface area contributed by atoms with Gasteiger partial charge in [-0.15, -0.1) is 0 Å². The molecule has 2 rings (SSSR count). The monoisotopic (exact) mass is 347 g/mol. The normalized spacial score (nSPS) is 16.3. The number of thiocarbonyl (C=S) groups is 1. The Hall–Kier alpha value is -1.19. The molecule has 0 atom stereocenters. The molecule has 0 aromatic carbocycles. The quantitative estimate of drug-likeness (QED) is 0.522. The molecule has 0 bridgehead atoms. The fourth-order valence-electron chi connectivity index (χ4n) is 1.75. The third-order valence-electron chi connectivity index (χ3n) is 2.81. The molecule has 1 aromatic rings. The number of ether oxygens (including phenoxy) is 1. The molecule has 0 spiro atoms. The second-order valence-corrected chi connectivity index (χ2v) is 5.57. The molecule has 1 aliphatic heterocycles. The molecule has 7 nitrogen and oxygen atoms in total. The fourth-order valence-corrected chi connectivity index (χ4v) is 2.08. The van der Waals surface area contributed by atoms with Crippen LogP contribution in [0.3, 0.4) is 0 Å². The molecule has 19 heavy (non-hydrogen) atoms. The minimum atomic E-state index is -0.418. The number of nitrogens with one attached hydrogen (secondary N) is 3. The summed E-state index contributed by atoms with van der Waals surface area (Å²) < 4.78 is 7.86. The first-order valence-corrected chi connectivity index (χ1v) is 6.81. The van der Waals surface area contributed by atoms with Crippen molar-refractivity contribution in [3.05, 3.63) is 16.9 Å². The van der Waals surface area contributed by atoms with Crippen molar-refractivity contribution in [2.75, 3.05) is 20.3 Å². The maximum absolute atomic E-state index is 11.9. The van der Waals surface area contributed by atoms with Gasteiger partial charge in [0.1, 0.15) is 5.54 Å². The molecular formula is C10H14BrN5O2S. The van der Waals surface area contributed by atoms with Gasteiger partial charge in [-0.2, -0.15) is 5.10 Å². The zero-order valence-electron chi connectivity index (χ0n) is 10.3. The van der Waals surface area contributed by atoms with Gasteiger partial charge in [-0.05, 0) is 28.1 Å². The van der Waals surface area contributed by atoms with E-state index in [0.717, 1.165) is 4.47 Å². The van der Waals surface area contributed by atoms with Crippen molar-refractivity contribution in [2.24, 2.45) is 0 Å². The van der Waals surface area contributed by atoms with E-state index in [-0.39, 0.29) is 12.3 Å². The summed E-state index contributed by atoms with van der Waals surface area (Å²) in [6.45, 7) is 0.927. The molecule has 0 saturated carbocycles. The third kappa shape index (κ3) is 3.23. The Morgan fingerprint density at radius 1 is 1.63 bits per heavy atom. The number of carbonyl (C=O) groups excluding carboxylic acids is 1. The van der Waals surface area contributed by atoms with Crippen molar-refractivity contribution >= 4 is 39.2 Å². The van der Waals surface area contributed by atoms with Gasteiger partial charge in [0, 0.05) is 13.2 Å². The highest BCUT2D eigenvalue weighted by molar-refractivity contribution is 9.10. The van der Waals surface area contributed by atoms with Crippen molar-refractivity contribution in [2.45, 2.75) is 12.0 Å². The lowest BCUT2D eigenvalue weighted by Crippen LogP contribution is -2.56. The number of rotatable bonds is 3. The summed E-state index contributed by atoms with van der Waals surface area (Å²) in [5.74, 6) is -0.174. The van der Waals surface area contributed by atoms with E-state index in [9.17, 15) is 4.79 Å². The summed E-state index contributed by atoms with van der Waals surface area (Å²) >= 11 is 8.21. The molecule has 1 aromatic heterocycles. The Balaban J connectivity index is 1.95. The fraction of sp³-hybridized carbons (Fsp3) is 0.500. The highest BCUT2D eigenvalue weighted by Gasteiger charge is 2.43. The van der Waals surface area contributed by atoms with Gasteiger partial charge in [0.15, 0.2) is 5.11 Å². The minimum absolute atomic E-state index is 0.174. The summed E-state index contributed by atoms with van der Waals surface area (Å²) in [4.78, 5) is 11.9. The number of halogens is 1. The molecule has 0 aliphatic carbocycles. The average Bonchev–Trinajstić information content (AvgIpc) is 2.77. The second-order valence-electron chi connectivity index (χ2n) is 4.25. The Kier molecular flexibility index (Phi) is 4.38. The smallest absolute Gasteiger partial charge is 0.241 e. The Morgan fingerprint density at radius 2 is 2.37 bits per heavy atom. The minimum Gasteiger partial charge on any atom is -0.376 e. The van der Waals surface area contributed by atoms with E-state index in [1.54, 1.807) is 17.9 Å². The number of aromatic nitrogens is 2. The van der Waals surface area contributed by atoms with Crippen LogP contribution >= 0.6 is 28.1 Å². The molecule has 0 radical (unpaired) electrons. The third-order valence-corrected chi connectivity index (χ3v) is 3.53. The number of hydrogen-bond donors (Lipinski definition) is 3. The molecule has 1 aliphatic rings. The summed E-state index contributed by atoms with van der Waals surface area (Å²) in [5.41, 5.74) is 4.72. The van der Waals surface area contributed by atoms with Crippen LogP contribution in [0.1, 0.15) is 6.42 Å². The van der Waals surface area contributed by atoms with Gasteiger partial charge in [-0.25, -0.2) is 0 Å². The SMILES string of the molecule is CNC(=S)NNC(=O)CC1(n2cc(Br)cn2)COC1. The predicted octanol–water partition coefficient (Wildman–Crippen LogP) is -0.114. The number of amides is 1. The number of nitrogens with zero attached hydrogens (tertiary/aromatic N) is 2. The molecule has 0 unspecified atom stereocenters. The standard InChI is InChI=1S/C10H14BrN5O2S/c1-12-9(19)15-14-8(17)2-10(5-18-6-10)16-4-7(11)3-13-16/h3-4H,2,5-6H2,1H3,(H,14,17)(H2,12,15,19). The highest BCUT2D eigenvalue weighted by atomic mass is 79.9. The topological polar surface area (TPSA) is 80.2 Å². The maximum Gasteiger partial charge on any atom is 0.241 e. The van der Waals surface area contributed by atoms with E-state index in [0.29, 0.717) is 18.3 Å². The molecule has 9 heteroatoms. The maximum atomic E-state index is 11.9. The van der Waals surface area contributed by atoms with E-state index < -0.39 is 5.54 Å². The van der Waals surface area contributed by atoms with Crippen molar-refractivity contribution in [1.82, 2.24) is 25.9 Å². The molecule has 2 heterocycles. The zero-order chi connectivity index (χ0) is 13.9. The molecule has 1 fully saturated rings. The Labute approximate surface area is 124 Å². The van der Waals surface area contributed by atoms with Crippen LogP contribution in [0.5, 0.6) is 0 Å². The van der Waals surface area contributed by atoms with Crippen LogP contribution in [0.2, 0.25) is 0 Å². The average molecular weight is 348 g/mol. The lowest BCUT2D eigenvalue weighted by Gasteiger charge is -2.41. The number of hydrazine groups is 1. The first kappa shape index (κ1) is 14.2. The van der Waals surface area contributed by atoms with Gasteiger partial charge in [0.05, 0.1) is 30.3 Å². The first-order chi connectivity index (χ1) is 9.05. The Bertz CT molecular complexity index is 488. The second kappa shape index (κ2) is 5.85. The van der Waals surface area contributed by atoms with E-state index in [1.165, 1.54) is 0 Å². The highest BCUT2D eigenvalue weighted by Crippen LogP contribution is 2.30. The number of hydrogen-bond acceptors (Lipinski definition) is 4. The van der Waals surface area contributed by atoms with Crippen molar-refractivity contribution in [1.29, 1.82) is 0 Å². The van der Waals surface area contributed by atoms with Gasteiger partial charge in [0.2, 0.25) is 5.91 Å². The van der Waals surface area contributed by atoms with Crippen LogP contribution in [0.15, 0.2) is 16.9 Å². The zero-order valence-corrected chi connectivity index (χ0v) is 12.7. The molecule has 104 valence electrons. The lowest BCUT2D eigenvalue weighted by molar-refractivity contribution is -0.140. The van der Waals surface area contributed by atoms with Gasteiger partial charge < -0.3 is 10.1 Å². The van der Waals surface area contributed by atoms with Crippen LogP contribution in [0.4, 0.5) is 0 Å². The number of carbonyl (C=O) groups is 1. The summed E-state index contributed by atoms with van der Waals surface area (Å²) in [6.07, 6.45) is 3.79. The van der Waals surface area contributed by atoms with E-state index >= 15 is 0 Å². The van der Waals surface area contributed by atoms with Gasteiger partial charge in [0.25, 0.3) is 0 Å². The van der Waals surface area contributed by atoms with Gasteiger partial charge in [-0.1, -0.05) is 0 Å². The largest absolute Gasteiger partial charge is 0.376 e. The van der Waals surface area contributed by atoms with E-state index in [2.05, 4.69) is 37.2 Å². The van der Waals surface area contributed by atoms with E-state index in [1.807, 2.05) is 6.20 Å². The predicted molar refractivity (Wildman–Crippen MR) is 76.3 cm³/mol. The van der Waals surface area contributed by atoms with Crippen molar-refractivity contribution in [3.63, 3.8) is 0 Å². The summed E-state index contributed by atoms with van der Waals surface area (Å²) in [6, 6.07) is 0. The molecule has 1 saturated heterocycles. The van der Waals surface area contributed by atoms with Crippen LogP contribution in [-0.4, -0.2) is 41.1 Å². The Morgan fingerprint density at radius 3 is 2.84 bits per heavy atom. The summed E-state index contributed by atoms with van der Waals surface area (Å²) in [7, 11) is 1.67. The van der Waals surface area contributed by atoms with Crippen LogP contribution in [0, 0.1) is 0 Å². The van der Waals surface area contributed by atoms with E-state index in [4.69, 9.17) is 17.0 Å². The molecular weight excluding hydrogens is 334 g/mol. The molecule has 1 amide bonds. The first-order valence-electron chi connectivity index (χ1n) is 5.61. The van der Waals surface area contributed by atoms with Crippen LogP contribution in [0.25, 0.3) is 0 Å². The van der Waals surface area contributed by atoms with Gasteiger partial charge >= 0.3 is 0 Å². The summed E-state index contributed by atoms with van der Waals surface area (Å²) in [5, 5.41) is 7.28.